The van der Waals surface area contributed by atoms with E-state index in [4.69, 9.17) is 4.74 Å². The summed E-state index contributed by atoms with van der Waals surface area (Å²) in [4.78, 5) is 15.5. The Morgan fingerprint density at radius 2 is 2.00 bits per heavy atom. The highest BCUT2D eigenvalue weighted by Gasteiger charge is 2.18. The predicted molar refractivity (Wildman–Crippen MR) is 48.6 cm³/mol. The molecule has 0 N–H and O–H groups in total. The van der Waals surface area contributed by atoms with Crippen LogP contribution >= 0.6 is 0 Å². The monoisotopic (exact) mass is 185 g/mol. The molecule has 0 atom stereocenters. The van der Waals surface area contributed by atoms with Gasteiger partial charge in [-0.25, -0.2) is 4.79 Å². The number of oxime groups is 1. The molecule has 0 aliphatic heterocycles. The second kappa shape index (κ2) is 3.77. The van der Waals surface area contributed by atoms with Crippen LogP contribution in [0.15, 0.2) is 5.16 Å². The van der Waals surface area contributed by atoms with Crippen LogP contribution in [-0.4, -0.2) is 17.5 Å². The van der Waals surface area contributed by atoms with E-state index in [2.05, 4.69) is 9.99 Å². The highest BCUT2D eigenvalue weighted by Crippen LogP contribution is 2.15. The highest BCUT2D eigenvalue weighted by atomic mass is 16.8. The zero-order chi connectivity index (χ0) is 9.90. The molecule has 1 fully saturated rings. The van der Waals surface area contributed by atoms with Gasteiger partial charge >= 0.3 is 6.16 Å². The molecule has 0 aromatic rings. The van der Waals surface area contributed by atoms with Gasteiger partial charge in [-0.3, -0.25) is 4.84 Å². The van der Waals surface area contributed by atoms with Gasteiger partial charge in [0, 0.05) is 0 Å². The van der Waals surface area contributed by atoms with E-state index >= 15 is 0 Å². The van der Waals surface area contributed by atoms with Crippen molar-refractivity contribution >= 4 is 11.9 Å². The lowest BCUT2D eigenvalue weighted by Crippen LogP contribution is -2.24. The lowest BCUT2D eigenvalue weighted by atomic mass is 9.98. The Bertz CT molecular complexity index is 222. The van der Waals surface area contributed by atoms with E-state index in [9.17, 15) is 4.79 Å². The third-order valence-corrected chi connectivity index (χ3v) is 1.57. The summed E-state index contributed by atoms with van der Waals surface area (Å²) >= 11 is 0. The minimum Gasteiger partial charge on any atom is -0.427 e. The number of hydrogen-bond acceptors (Lipinski definition) is 4. The van der Waals surface area contributed by atoms with Crippen LogP contribution in [0.4, 0.5) is 4.79 Å². The van der Waals surface area contributed by atoms with Crippen molar-refractivity contribution in [2.24, 2.45) is 5.16 Å². The largest absolute Gasteiger partial charge is 0.535 e. The summed E-state index contributed by atoms with van der Waals surface area (Å²) < 4.78 is 4.89. The van der Waals surface area contributed by atoms with Gasteiger partial charge in [0.1, 0.15) is 5.60 Å². The van der Waals surface area contributed by atoms with Crippen molar-refractivity contribution in [2.75, 3.05) is 0 Å². The number of hydrogen-bond donors (Lipinski definition) is 0. The summed E-state index contributed by atoms with van der Waals surface area (Å²) in [5, 5.41) is 3.66. The minimum absolute atomic E-state index is 0.517. The quantitative estimate of drug-likeness (QED) is 0.358. The number of ether oxygens (including phenoxy) is 1. The van der Waals surface area contributed by atoms with Gasteiger partial charge in [-0.2, -0.15) is 0 Å². The fourth-order valence-corrected chi connectivity index (χ4v) is 0.797. The van der Waals surface area contributed by atoms with Crippen molar-refractivity contribution in [2.45, 2.75) is 45.6 Å². The van der Waals surface area contributed by atoms with E-state index in [0.29, 0.717) is 0 Å². The van der Waals surface area contributed by atoms with Crippen molar-refractivity contribution < 1.29 is 14.4 Å². The van der Waals surface area contributed by atoms with Crippen molar-refractivity contribution in [3.05, 3.63) is 0 Å². The van der Waals surface area contributed by atoms with Crippen LogP contribution in [0.5, 0.6) is 0 Å². The first kappa shape index (κ1) is 10.0. The summed E-state index contributed by atoms with van der Waals surface area (Å²) in [6, 6.07) is 0. The minimum atomic E-state index is -0.730. The maximum atomic E-state index is 11.0. The van der Waals surface area contributed by atoms with Crippen molar-refractivity contribution in [3.8, 4) is 0 Å². The van der Waals surface area contributed by atoms with Gasteiger partial charge in [0.25, 0.3) is 0 Å². The molecular weight excluding hydrogens is 170 g/mol. The average Bonchev–Trinajstić information content (AvgIpc) is 1.78. The second-order valence-corrected chi connectivity index (χ2v) is 4.07. The van der Waals surface area contributed by atoms with Gasteiger partial charge < -0.3 is 4.74 Å². The molecule has 0 saturated heterocycles. The van der Waals surface area contributed by atoms with Crippen LogP contribution in [0.2, 0.25) is 0 Å². The molecule has 1 aliphatic carbocycles. The highest BCUT2D eigenvalue weighted by molar-refractivity contribution is 5.89. The molecule has 4 heteroatoms. The second-order valence-electron chi connectivity index (χ2n) is 4.07. The van der Waals surface area contributed by atoms with E-state index in [1.165, 1.54) is 0 Å². The summed E-state index contributed by atoms with van der Waals surface area (Å²) in [7, 11) is 0. The van der Waals surface area contributed by atoms with E-state index in [-0.39, 0.29) is 0 Å². The van der Waals surface area contributed by atoms with Gasteiger partial charge in [0.15, 0.2) is 0 Å². The Kier molecular flexibility index (Phi) is 2.90. The lowest BCUT2D eigenvalue weighted by molar-refractivity contribution is -0.00658. The number of rotatable bonds is 1. The Morgan fingerprint density at radius 3 is 2.38 bits per heavy atom. The summed E-state index contributed by atoms with van der Waals surface area (Å²) in [5.74, 6) is 0. The van der Waals surface area contributed by atoms with Crippen molar-refractivity contribution in [1.82, 2.24) is 0 Å². The van der Waals surface area contributed by atoms with E-state index in [1.807, 2.05) is 0 Å². The van der Waals surface area contributed by atoms with Crippen LogP contribution in [0.3, 0.4) is 0 Å². The molecule has 0 unspecified atom stereocenters. The van der Waals surface area contributed by atoms with E-state index in [0.717, 1.165) is 25.0 Å². The molecule has 13 heavy (non-hydrogen) atoms. The fourth-order valence-electron chi connectivity index (χ4n) is 0.797. The van der Waals surface area contributed by atoms with Gasteiger partial charge in [-0.15, -0.1) is 0 Å². The van der Waals surface area contributed by atoms with E-state index < -0.39 is 11.8 Å². The van der Waals surface area contributed by atoms with Crippen LogP contribution in [0, 0.1) is 0 Å². The number of carbonyl (C=O) groups excluding carboxylic acids is 1. The molecular formula is C9H15NO3. The average molecular weight is 185 g/mol. The first-order valence-electron chi connectivity index (χ1n) is 4.43. The first-order chi connectivity index (χ1) is 5.97. The Labute approximate surface area is 77.9 Å². The summed E-state index contributed by atoms with van der Waals surface area (Å²) in [6.07, 6.45) is 2.27. The molecule has 0 heterocycles. The molecule has 0 spiro atoms. The lowest BCUT2D eigenvalue weighted by Gasteiger charge is -2.18. The predicted octanol–water partition coefficient (Wildman–Crippen LogP) is 2.48. The Hall–Kier alpha value is -1.06. The van der Waals surface area contributed by atoms with Gasteiger partial charge in [-0.1, -0.05) is 5.16 Å². The molecule has 0 aromatic carbocycles. The van der Waals surface area contributed by atoms with Gasteiger partial charge in [0.05, 0.1) is 5.71 Å². The third-order valence-electron chi connectivity index (χ3n) is 1.57. The normalized spacial score (nSPS) is 16.1. The molecule has 1 rings (SSSR count). The maximum absolute atomic E-state index is 11.0. The standard InChI is InChI=1S/C9H15NO3/c1-9(2,3)12-8(11)13-10-7-5-4-6-7/h4-6H2,1-3H3. The third kappa shape index (κ3) is 3.92. The molecule has 74 valence electrons. The van der Waals surface area contributed by atoms with Gasteiger partial charge in [0.2, 0.25) is 0 Å². The molecule has 1 aliphatic rings. The van der Waals surface area contributed by atoms with Crippen LogP contribution in [0.25, 0.3) is 0 Å². The SMILES string of the molecule is CC(C)(C)OC(=O)ON=C1CCC1. The van der Waals surface area contributed by atoms with Crippen LogP contribution in [-0.2, 0) is 9.57 Å². The number of nitrogens with zero attached hydrogens (tertiary/aromatic N) is 1. The molecule has 1 saturated carbocycles. The zero-order valence-corrected chi connectivity index (χ0v) is 8.29. The van der Waals surface area contributed by atoms with Crippen LogP contribution in [0.1, 0.15) is 40.0 Å². The Balaban J connectivity index is 2.25. The molecule has 0 bridgehead atoms. The first-order valence-corrected chi connectivity index (χ1v) is 4.43. The summed E-state index contributed by atoms with van der Waals surface area (Å²) in [5.41, 5.74) is 0.419. The number of carbonyl (C=O) groups is 1. The fraction of sp³-hybridized carbons (Fsp3) is 0.778. The molecule has 0 amide bonds. The molecule has 0 aromatic heterocycles. The smallest absolute Gasteiger partial charge is 0.427 e. The van der Waals surface area contributed by atoms with Crippen molar-refractivity contribution in [3.63, 3.8) is 0 Å². The zero-order valence-electron chi connectivity index (χ0n) is 8.29. The summed E-state index contributed by atoms with van der Waals surface area (Å²) in [6.45, 7) is 5.35. The maximum Gasteiger partial charge on any atom is 0.535 e. The van der Waals surface area contributed by atoms with Crippen molar-refractivity contribution in [1.29, 1.82) is 0 Å². The molecule has 4 nitrogen and oxygen atoms in total. The van der Waals surface area contributed by atoms with Crippen LogP contribution < -0.4 is 0 Å². The Morgan fingerprint density at radius 1 is 1.38 bits per heavy atom. The van der Waals surface area contributed by atoms with E-state index in [1.54, 1.807) is 20.8 Å². The molecule has 0 radical (unpaired) electrons. The topological polar surface area (TPSA) is 47.9 Å². The van der Waals surface area contributed by atoms with Gasteiger partial charge in [-0.05, 0) is 40.0 Å².